The quantitative estimate of drug-likeness (QED) is 0.685. The molecule has 7 nitrogen and oxygen atoms in total. The summed E-state index contributed by atoms with van der Waals surface area (Å²) in [6.45, 7) is 4.71. The Balaban J connectivity index is 1.91. The molecule has 4 rings (SSSR count). The molecular weight excluding hydrogens is 418 g/mol. The Kier molecular flexibility index (Phi) is 4.98. The van der Waals surface area contributed by atoms with Crippen LogP contribution in [0.3, 0.4) is 0 Å². The van der Waals surface area contributed by atoms with E-state index in [-0.39, 0.29) is 11.4 Å². The van der Waals surface area contributed by atoms with Gasteiger partial charge in [-0.2, -0.15) is 0 Å². The number of esters is 1. The van der Waals surface area contributed by atoms with Gasteiger partial charge in [0.1, 0.15) is 0 Å². The fraction of sp³-hybridized carbons (Fsp3) is 0.391. The normalized spacial score (nSPS) is 28.8. The first-order valence-corrected chi connectivity index (χ1v) is 11.6. The van der Waals surface area contributed by atoms with Crippen molar-refractivity contribution >= 4 is 21.7 Å². The van der Waals surface area contributed by atoms with Crippen LogP contribution < -0.4 is 0 Å². The number of sulfone groups is 1. The van der Waals surface area contributed by atoms with Crippen LogP contribution in [0.2, 0.25) is 0 Å². The van der Waals surface area contributed by atoms with Crippen molar-refractivity contribution in [2.24, 2.45) is 5.92 Å². The van der Waals surface area contributed by atoms with E-state index >= 15 is 0 Å². The molecule has 2 aromatic carbocycles. The average molecular weight is 444 g/mol. The summed E-state index contributed by atoms with van der Waals surface area (Å²) >= 11 is 0. The molecule has 2 aliphatic heterocycles. The second kappa shape index (κ2) is 7.17. The number of nitrogens with zero attached hydrogens (tertiary/aromatic N) is 1. The Morgan fingerprint density at radius 1 is 1.03 bits per heavy atom. The molecule has 2 aliphatic rings. The summed E-state index contributed by atoms with van der Waals surface area (Å²) in [5.74, 6) is -1.95. The molecule has 0 spiro atoms. The van der Waals surface area contributed by atoms with Gasteiger partial charge in [0.25, 0.3) is 0 Å². The maximum Gasteiger partial charge on any atom is 0.339 e. The molecule has 2 saturated heterocycles. The van der Waals surface area contributed by atoms with Crippen LogP contribution in [0, 0.1) is 5.92 Å². The van der Waals surface area contributed by atoms with E-state index in [1.807, 2.05) is 6.07 Å². The van der Waals surface area contributed by atoms with E-state index in [1.54, 1.807) is 56.3 Å². The van der Waals surface area contributed by atoms with Crippen LogP contribution in [0.15, 0.2) is 65.6 Å². The number of likely N-dealkylation sites (tertiary alicyclic amines) is 1. The first-order valence-electron chi connectivity index (χ1n) is 10.1. The molecule has 0 saturated carbocycles. The highest BCUT2D eigenvalue weighted by Crippen LogP contribution is 2.55. The van der Waals surface area contributed by atoms with Crippen LogP contribution in [0.5, 0.6) is 0 Å². The van der Waals surface area contributed by atoms with Crippen molar-refractivity contribution in [3.05, 3.63) is 66.2 Å². The van der Waals surface area contributed by atoms with Crippen molar-refractivity contribution in [2.45, 2.75) is 54.7 Å². The maximum absolute atomic E-state index is 13.8. The van der Waals surface area contributed by atoms with Gasteiger partial charge in [0, 0.05) is 6.54 Å². The topological polar surface area (TPSA) is 101 Å². The Morgan fingerprint density at radius 3 is 2.10 bits per heavy atom. The lowest BCUT2D eigenvalue weighted by molar-refractivity contribution is -0.222. The number of ether oxygens (including phenoxy) is 1. The van der Waals surface area contributed by atoms with Gasteiger partial charge in [-0.3, -0.25) is 4.79 Å². The van der Waals surface area contributed by atoms with Crippen LogP contribution in [0.25, 0.3) is 0 Å². The summed E-state index contributed by atoms with van der Waals surface area (Å²) in [5.41, 5.74) is -1.05. The first kappa shape index (κ1) is 21.5. The molecular formula is C23H25NO6S. The van der Waals surface area contributed by atoms with Crippen molar-refractivity contribution in [3.63, 3.8) is 0 Å². The third-order valence-electron chi connectivity index (χ3n) is 6.45. The summed E-state index contributed by atoms with van der Waals surface area (Å²) < 4.78 is 30.6. The Hall–Kier alpha value is -2.71. The zero-order chi connectivity index (χ0) is 22.6. The summed E-state index contributed by atoms with van der Waals surface area (Å²) in [7, 11) is -4.24. The van der Waals surface area contributed by atoms with Gasteiger partial charge in [-0.1, -0.05) is 62.4 Å². The molecule has 2 heterocycles. The maximum atomic E-state index is 13.8. The summed E-state index contributed by atoms with van der Waals surface area (Å²) in [5, 5.41) is 11.1. The van der Waals surface area contributed by atoms with Gasteiger partial charge in [0.05, 0.1) is 11.0 Å². The minimum absolute atomic E-state index is 0.0189. The van der Waals surface area contributed by atoms with E-state index in [1.165, 1.54) is 24.0 Å². The molecule has 0 bridgehead atoms. The molecule has 1 N–H and O–H groups in total. The van der Waals surface area contributed by atoms with Gasteiger partial charge in [0.15, 0.2) is 20.7 Å². The van der Waals surface area contributed by atoms with E-state index in [4.69, 9.17) is 4.74 Å². The molecule has 164 valence electrons. The molecule has 2 unspecified atom stereocenters. The number of aliphatic hydroxyl groups is 1. The van der Waals surface area contributed by atoms with Crippen molar-refractivity contribution in [3.8, 4) is 0 Å². The Morgan fingerprint density at radius 2 is 1.58 bits per heavy atom. The number of hydrogen-bond donors (Lipinski definition) is 1. The monoisotopic (exact) mass is 443 g/mol. The van der Waals surface area contributed by atoms with Gasteiger partial charge in [-0.05, 0) is 30.5 Å². The number of aliphatic hydroxyl groups excluding tert-OH is 1. The minimum Gasteiger partial charge on any atom is -0.455 e. The summed E-state index contributed by atoms with van der Waals surface area (Å²) in [6.07, 6.45) is -2.62. The molecule has 8 heteroatoms. The third-order valence-corrected chi connectivity index (χ3v) is 8.84. The second-order valence-electron chi connectivity index (χ2n) is 8.60. The zero-order valence-corrected chi connectivity index (χ0v) is 18.4. The first-order chi connectivity index (χ1) is 14.6. The molecule has 4 atom stereocenters. The minimum atomic E-state index is -4.24. The lowest BCUT2D eigenvalue weighted by Crippen LogP contribution is -2.76. The van der Waals surface area contributed by atoms with Gasteiger partial charge in [-0.25, -0.2) is 13.2 Å². The van der Waals surface area contributed by atoms with Gasteiger partial charge >= 0.3 is 5.97 Å². The van der Waals surface area contributed by atoms with Crippen molar-refractivity contribution in [2.75, 3.05) is 0 Å². The van der Waals surface area contributed by atoms with Crippen LogP contribution in [0.1, 0.15) is 26.3 Å². The van der Waals surface area contributed by atoms with Gasteiger partial charge in [0.2, 0.25) is 11.4 Å². The molecule has 31 heavy (non-hydrogen) atoms. The van der Waals surface area contributed by atoms with E-state index in [0.29, 0.717) is 5.56 Å². The highest BCUT2D eigenvalue weighted by molar-refractivity contribution is 7.93. The number of carbonyl (C=O) groups excluding carboxylic acids is 2. The number of rotatable bonds is 6. The van der Waals surface area contributed by atoms with E-state index in [2.05, 4.69) is 0 Å². The number of fused-ring (bicyclic) bond motifs is 1. The Bertz CT molecular complexity index is 1120. The number of benzene rings is 2. The highest BCUT2D eigenvalue weighted by Gasteiger charge is 2.83. The molecule has 2 fully saturated rings. The highest BCUT2D eigenvalue weighted by atomic mass is 32.2. The smallest absolute Gasteiger partial charge is 0.339 e. The molecule has 0 aromatic heterocycles. The van der Waals surface area contributed by atoms with Crippen LogP contribution in [-0.4, -0.2) is 52.8 Å². The Labute approximate surface area is 181 Å². The molecule has 0 radical (unpaired) electrons. The lowest BCUT2D eigenvalue weighted by Gasteiger charge is -2.51. The van der Waals surface area contributed by atoms with Crippen molar-refractivity contribution in [1.82, 2.24) is 4.90 Å². The number of hydrogen-bond acceptors (Lipinski definition) is 6. The fourth-order valence-electron chi connectivity index (χ4n) is 4.69. The van der Waals surface area contributed by atoms with Crippen molar-refractivity contribution < 1.29 is 27.9 Å². The summed E-state index contributed by atoms with van der Waals surface area (Å²) in [6, 6.07) is 16.6. The predicted molar refractivity (Wildman–Crippen MR) is 112 cm³/mol. The zero-order valence-electron chi connectivity index (χ0n) is 17.6. The van der Waals surface area contributed by atoms with Crippen LogP contribution >= 0.6 is 0 Å². The number of carbonyl (C=O) groups is 2. The molecule has 2 aromatic rings. The van der Waals surface area contributed by atoms with Crippen molar-refractivity contribution in [1.29, 1.82) is 0 Å². The third kappa shape index (κ3) is 2.71. The van der Waals surface area contributed by atoms with E-state index in [0.717, 1.165) is 0 Å². The molecule has 1 amide bonds. The largest absolute Gasteiger partial charge is 0.455 e. The standard InChI is InChI=1S/C23H25NO6S/c1-15(2)18(25)23-19(30-21(23)27)22(3,31(28,29)17-12-8-5-9-13-17)20(26)24(23)14-16-10-6-4-7-11-16/h4-13,15,18-19,25H,14H2,1-3H3/t18-,19?,22+,23?/m0/s1. The van der Waals surface area contributed by atoms with Crippen LogP contribution in [0.4, 0.5) is 0 Å². The second-order valence-corrected chi connectivity index (χ2v) is 10.9. The molecule has 0 aliphatic carbocycles. The lowest BCUT2D eigenvalue weighted by atomic mass is 9.75. The SMILES string of the molecule is CC(C)[C@H](O)C12C(=O)OC1[C@@](C)(S(=O)(=O)c1ccccc1)C(=O)N2Cc1ccccc1. The average Bonchev–Trinajstić information content (AvgIpc) is 2.91. The van der Waals surface area contributed by atoms with E-state index < -0.39 is 50.1 Å². The van der Waals surface area contributed by atoms with Gasteiger partial charge < -0.3 is 14.7 Å². The van der Waals surface area contributed by atoms with Gasteiger partial charge in [-0.15, -0.1) is 0 Å². The van der Waals surface area contributed by atoms with E-state index in [9.17, 15) is 23.1 Å². The van der Waals surface area contributed by atoms with Crippen LogP contribution in [-0.2, 0) is 30.7 Å². The summed E-state index contributed by atoms with van der Waals surface area (Å²) in [4.78, 5) is 27.9. The predicted octanol–water partition coefficient (Wildman–Crippen LogP) is 1.94. The number of amides is 1. The fourth-order valence-corrected chi connectivity index (χ4v) is 6.54.